The molecule has 0 amide bonds. The van der Waals surface area contributed by atoms with Gasteiger partial charge in [-0.3, -0.25) is 4.98 Å². The molecule has 2 heteroatoms. The predicted molar refractivity (Wildman–Crippen MR) is 61.1 cm³/mol. The van der Waals surface area contributed by atoms with Crippen molar-refractivity contribution in [2.45, 2.75) is 0 Å². The fourth-order valence-electron chi connectivity index (χ4n) is 1.71. The van der Waals surface area contributed by atoms with Gasteiger partial charge < -0.3 is 4.57 Å². The lowest BCUT2D eigenvalue weighted by molar-refractivity contribution is 1.07. The molecule has 0 atom stereocenters. The van der Waals surface area contributed by atoms with Crippen molar-refractivity contribution < 1.29 is 0 Å². The van der Waals surface area contributed by atoms with Crippen LogP contribution < -0.4 is 0 Å². The Morgan fingerprint density at radius 3 is 2.60 bits per heavy atom. The first-order valence-electron chi connectivity index (χ1n) is 4.92. The molecule has 0 aliphatic carbocycles. The summed E-state index contributed by atoms with van der Waals surface area (Å²) in [5.74, 6) is 0. The summed E-state index contributed by atoms with van der Waals surface area (Å²) in [4.78, 5) is 4.42. The van der Waals surface area contributed by atoms with Gasteiger partial charge in [0.1, 0.15) is 0 Å². The van der Waals surface area contributed by atoms with Crippen LogP contribution in [0.4, 0.5) is 0 Å². The Kier molecular flexibility index (Phi) is 1.78. The lowest BCUT2D eigenvalue weighted by Gasteiger charge is -2.03. The SMILES string of the molecule is c1ccc2ncc(-n3cccc3)cc2c1. The quantitative estimate of drug-likeness (QED) is 0.582. The highest BCUT2D eigenvalue weighted by atomic mass is 15.0. The Morgan fingerprint density at radius 2 is 1.73 bits per heavy atom. The molecular weight excluding hydrogens is 184 g/mol. The zero-order chi connectivity index (χ0) is 10.1. The number of para-hydroxylation sites is 1. The number of aromatic nitrogens is 2. The molecule has 0 aliphatic rings. The van der Waals surface area contributed by atoms with Crippen molar-refractivity contribution >= 4 is 10.9 Å². The summed E-state index contributed by atoms with van der Waals surface area (Å²) in [6.07, 6.45) is 5.93. The number of hydrogen-bond donors (Lipinski definition) is 0. The second-order valence-corrected chi connectivity index (χ2v) is 3.48. The summed E-state index contributed by atoms with van der Waals surface area (Å²) in [5, 5.41) is 1.17. The van der Waals surface area contributed by atoms with Gasteiger partial charge in [0.2, 0.25) is 0 Å². The predicted octanol–water partition coefficient (Wildman–Crippen LogP) is 3.03. The lowest BCUT2D eigenvalue weighted by Crippen LogP contribution is -1.90. The van der Waals surface area contributed by atoms with Crippen LogP contribution in [0.1, 0.15) is 0 Å². The van der Waals surface area contributed by atoms with Gasteiger partial charge in [-0.05, 0) is 24.3 Å². The molecule has 3 aromatic rings. The van der Waals surface area contributed by atoms with Gasteiger partial charge in [-0.25, -0.2) is 0 Å². The summed E-state index contributed by atoms with van der Waals surface area (Å²) in [6.45, 7) is 0. The van der Waals surface area contributed by atoms with Gasteiger partial charge in [0.05, 0.1) is 17.4 Å². The fraction of sp³-hybridized carbons (Fsp3) is 0. The molecule has 0 radical (unpaired) electrons. The molecule has 0 spiro atoms. The van der Waals surface area contributed by atoms with Gasteiger partial charge in [0, 0.05) is 17.8 Å². The van der Waals surface area contributed by atoms with Crippen LogP contribution in [0, 0.1) is 0 Å². The first-order valence-corrected chi connectivity index (χ1v) is 4.92. The maximum Gasteiger partial charge on any atom is 0.0703 e. The molecule has 0 saturated carbocycles. The molecule has 1 aromatic carbocycles. The minimum atomic E-state index is 1.04. The Bertz CT molecular complexity index is 582. The van der Waals surface area contributed by atoms with Gasteiger partial charge in [-0.1, -0.05) is 18.2 Å². The molecule has 15 heavy (non-hydrogen) atoms. The smallest absolute Gasteiger partial charge is 0.0703 e. The highest BCUT2D eigenvalue weighted by Gasteiger charge is 1.97. The molecular formula is C13H10N2. The van der Waals surface area contributed by atoms with E-state index in [9.17, 15) is 0 Å². The van der Waals surface area contributed by atoms with E-state index in [1.807, 2.05) is 48.9 Å². The Balaban J connectivity index is 2.22. The van der Waals surface area contributed by atoms with E-state index >= 15 is 0 Å². The van der Waals surface area contributed by atoms with Gasteiger partial charge >= 0.3 is 0 Å². The lowest BCUT2D eigenvalue weighted by atomic mass is 10.2. The monoisotopic (exact) mass is 194 g/mol. The van der Waals surface area contributed by atoms with Crippen molar-refractivity contribution in [3.8, 4) is 5.69 Å². The van der Waals surface area contributed by atoms with Crippen LogP contribution in [0.5, 0.6) is 0 Å². The summed E-state index contributed by atoms with van der Waals surface area (Å²) in [7, 11) is 0. The third-order valence-corrected chi connectivity index (χ3v) is 2.48. The highest BCUT2D eigenvalue weighted by molar-refractivity contribution is 5.80. The Morgan fingerprint density at radius 1 is 0.933 bits per heavy atom. The average Bonchev–Trinajstić information content (AvgIpc) is 2.82. The molecule has 0 fully saturated rings. The van der Waals surface area contributed by atoms with Crippen LogP contribution in [0.15, 0.2) is 61.1 Å². The van der Waals surface area contributed by atoms with E-state index in [0.29, 0.717) is 0 Å². The summed E-state index contributed by atoms with van der Waals surface area (Å²) in [6, 6.07) is 14.3. The van der Waals surface area contributed by atoms with Gasteiger partial charge in [0.15, 0.2) is 0 Å². The zero-order valence-electron chi connectivity index (χ0n) is 8.17. The molecule has 2 nitrogen and oxygen atoms in total. The summed E-state index contributed by atoms with van der Waals surface area (Å²) >= 11 is 0. The maximum absolute atomic E-state index is 4.42. The Hall–Kier alpha value is -2.09. The zero-order valence-corrected chi connectivity index (χ0v) is 8.17. The normalized spacial score (nSPS) is 10.7. The Labute approximate surface area is 87.8 Å². The average molecular weight is 194 g/mol. The number of benzene rings is 1. The van der Waals surface area contributed by atoms with Gasteiger partial charge in [-0.2, -0.15) is 0 Å². The highest BCUT2D eigenvalue weighted by Crippen LogP contribution is 2.15. The van der Waals surface area contributed by atoms with Crippen molar-refractivity contribution in [1.82, 2.24) is 9.55 Å². The topological polar surface area (TPSA) is 17.8 Å². The number of pyridine rings is 1. The van der Waals surface area contributed by atoms with Crippen LogP contribution in [0.25, 0.3) is 16.6 Å². The number of nitrogens with zero attached hydrogens (tertiary/aromatic N) is 2. The maximum atomic E-state index is 4.42. The minimum Gasteiger partial charge on any atom is -0.322 e. The van der Waals surface area contributed by atoms with E-state index in [1.165, 1.54) is 5.39 Å². The molecule has 72 valence electrons. The van der Waals surface area contributed by atoms with E-state index < -0.39 is 0 Å². The van der Waals surface area contributed by atoms with Crippen molar-refractivity contribution in [1.29, 1.82) is 0 Å². The second kappa shape index (κ2) is 3.24. The summed E-state index contributed by atoms with van der Waals surface area (Å²) in [5.41, 5.74) is 2.13. The minimum absolute atomic E-state index is 1.04. The van der Waals surface area contributed by atoms with Gasteiger partial charge in [-0.15, -0.1) is 0 Å². The standard InChI is InChI=1S/C13H10N2/c1-2-6-13-11(5-1)9-12(10-14-13)15-7-3-4-8-15/h1-10H. The van der Waals surface area contributed by atoms with Crippen LogP contribution in [0.2, 0.25) is 0 Å². The molecule has 0 bridgehead atoms. The first-order chi connectivity index (χ1) is 7.43. The molecule has 0 unspecified atom stereocenters. The van der Waals surface area contributed by atoms with Crippen LogP contribution in [-0.2, 0) is 0 Å². The first kappa shape index (κ1) is 8.24. The fourth-order valence-corrected chi connectivity index (χ4v) is 1.71. The largest absolute Gasteiger partial charge is 0.322 e. The number of rotatable bonds is 1. The van der Waals surface area contributed by atoms with Gasteiger partial charge in [0.25, 0.3) is 0 Å². The van der Waals surface area contributed by atoms with Crippen molar-refractivity contribution in [3.05, 3.63) is 61.1 Å². The number of fused-ring (bicyclic) bond motifs is 1. The van der Waals surface area contributed by atoms with Crippen LogP contribution in [-0.4, -0.2) is 9.55 Å². The van der Waals surface area contributed by atoms with Crippen molar-refractivity contribution in [2.24, 2.45) is 0 Å². The van der Waals surface area contributed by atoms with E-state index in [4.69, 9.17) is 0 Å². The van der Waals surface area contributed by atoms with Crippen molar-refractivity contribution in [2.75, 3.05) is 0 Å². The summed E-state index contributed by atoms with van der Waals surface area (Å²) < 4.78 is 2.06. The molecule has 2 heterocycles. The third-order valence-electron chi connectivity index (χ3n) is 2.48. The van der Waals surface area contributed by atoms with E-state index in [0.717, 1.165) is 11.2 Å². The van der Waals surface area contributed by atoms with Crippen LogP contribution in [0.3, 0.4) is 0 Å². The molecule has 3 rings (SSSR count). The van der Waals surface area contributed by atoms with E-state index in [-0.39, 0.29) is 0 Å². The number of hydrogen-bond acceptors (Lipinski definition) is 1. The molecule has 0 saturated heterocycles. The van der Waals surface area contributed by atoms with E-state index in [2.05, 4.69) is 21.7 Å². The third kappa shape index (κ3) is 1.40. The second-order valence-electron chi connectivity index (χ2n) is 3.48. The molecule has 2 aromatic heterocycles. The van der Waals surface area contributed by atoms with Crippen LogP contribution >= 0.6 is 0 Å². The molecule has 0 N–H and O–H groups in total. The van der Waals surface area contributed by atoms with E-state index in [1.54, 1.807) is 0 Å². The van der Waals surface area contributed by atoms with Crippen molar-refractivity contribution in [3.63, 3.8) is 0 Å². The molecule has 0 aliphatic heterocycles.